The third-order valence-corrected chi connectivity index (χ3v) is 15.9. The first-order valence-corrected chi connectivity index (χ1v) is 27.4. The Morgan fingerprint density at radius 1 is 0.432 bits per heavy atom. The summed E-state index contributed by atoms with van der Waals surface area (Å²) >= 11 is 0. The lowest BCUT2D eigenvalue weighted by atomic mass is 9.94. The number of nitrogens with zero attached hydrogens (tertiary/aromatic N) is 6. The van der Waals surface area contributed by atoms with Gasteiger partial charge in [0.2, 0.25) is 0 Å². The fourth-order valence-corrected chi connectivity index (χ4v) is 12.3. The normalized spacial score (nSPS) is 12.9. The number of pyridine rings is 1. The Hall–Kier alpha value is -10.6. The zero-order chi connectivity index (χ0) is 56.5. The van der Waals surface area contributed by atoms with Crippen LogP contribution in [-0.2, 0) is 0 Å². The smallest absolute Gasteiger partial charge is 0.137 e. The van der Waals surface area contributed by atoms with Gasteiger partial charge in [-0.2, -0.15) is 0 Å². The van der Waals surface area contributed by atoms with Crippen LogP contribution in [0.3, 0.4) is 0 Å². The van der Waals surface area contributed by atoms with Gasteiger partial charge in [0.1, 0.15) is 17.3 Å². The Balaban J connectivity index is 0.978. The van der Waals surface area contributed by atoms with Gasteiger partial charge in [0.25, 0.3) is 0 Å². The van der Waals surface area contributed by atoms with Crippen LogP contribution in [0.4, 0.5) is 34.3 Å². The summed E-state index contributed by atoms with van der Waals surface area (Å²) in [6.07, 6.45) is 1.79. The molecule has 0 saturated heterocycles. The number of aryl methyl sites for hydroxylation is 1. The average molecular weight is 1050 g/mol. The molecule has 0 unspecified atom stereocenters. The Bertz CT molecular complexity index is 4540. The van der Waals surface area contributed by atoms with Gasteiger partial charge in [0.05, 0.1) is 62.9 Å². The maximum Gasteiger partial charge on any atom is 0.137 e. The topological polar surface area (TPSA) is 41.7 Å². The van der Waals surface area contributed by atoms with Crippen LogP contribution in [0.25, 0.3) is 88.4 Å². The molecule has 0 fully saturated rings. The fourth-order valence-electron chi connectivity index (χ4n) is 12.3. The highest BCUT2D eigenvalue weighted by Gasteiger charge is 2.28. The van der Waals surface area contributed by atoms with Crippen LogP contribution in [0.15, 0.2) is 279 Å². The standard InChI is InChI=1S/C74H54N6O/c1-50-45-72(75-48-63(50)73-70(79-64-37-13-9-31-59(64)60-32-10-14-38-65(60)79)43-22-44-71(73)80-66-39-15-11-33-61(66)62-34-12-16-40-67(62)80)78(74-57(51-23-5-3-6-24-51)35-21-36-58(74)52-25-7-4-8-26-52)54-28-20-30-56(47-54)81-55-29-19-27-53(46-55)77-49-76(2)68-41-17-18-42-69(68)77/h3-48H,49H2,1-2H3/i1D3. The first-order valence-electron chi connectivity index (χ1n) is 28.9. The lowest BCUT2D eigenvalue weighted by Crippen LogP contribution is -2.23. The molecule has 0 saturated carbocycles. The van der Waals surface area contributed by atoms with Crippen LogP contribution >= 0.6 is 0 Å². The summed E-state index contributed by atoms with van der Waals surface area (Å²) < 4.78 is 40.6. The maximum atomic E-state index is 9.72. The molecule has 15 rings (SSSR count). The molecule has 0 atom stereocenters. The number of hydrogen-bond acceptors (Lipinski definition) is 5. The first kappa shape index (κ1) is 44.4. The molecule has 0 amide bonds. The van der Waals surface area contributed by atoms with E-state index < -0.39 is 6.85 Å². The molecule has 3 aromatic heterocycles. The van der Waals surface area contributed by atoms with Crippen molar-refractivity contribution in [1.82, 2.24) is 14.1 Å². The molecule has 0 bridgehead atoms. The van der Waals surface area contributed by atoms with Crippen molar-refractivity contribution in [3.8, 4) is 56.3 Å². The Morgan fingerprint density at radius 2 is 0.901 bits per heavy atom. The number of hydrogen-bond donors (Lipinski definition) is 0. The van der Waals surface area contributed by atoms with E-state index in [2.05, 4.69) is 225 Å². The number of para-hydroxylation sites is 7. The Labute approximate surface area is 474 Å². The Morgan fingerprint density at radius 3 is 1.47 bits per heavy atom. The third-order valence-electron chi connectivity index (χ3n) is 15.9. The van der Waals surface area contributed by atoms with Crippen LogP contribution in [0.1, 0.15) is 9.68 Å². The number of rotatable bonds is 11. The molecular weight excluding hydrogens is 989 g/mol. The third kappa shape index (κ3) is 8.08. The van der Waals surface area contributed by atoms with Gasteiger partial charge in [-0.05, 0) is 102 Å². The van der Waals surface area contributed by atoms with E-state index >= 15 is 0 Å². The van der Waals surface area contributed by atoms with Gasteiger partial charge in [-0.15, -0.1) is 0 Å². The van der Waals surface area contributed by atoms with Gasteiger partial charge >= 0.3 is 0 Å². The molecule has 386 valence electrons. The van der Waals surface area contributed by atoms with Crippen molar-refractivity contribution < 1.29 is 8.85 Å². The molecule has 0 radical (unpaired) electrons. The molecular formula is C74H54N6O. The summed E-state index contributed by atoms with van der Waals surface area (Å²) in [6, 6.07) is 93.5. The number of ether oxygens (including phenoxy) is 1. The predicted molar refractivity (Wildman–Crippen MR) is 337 cm³/mol. The van der Waals surface area contributed by atoms with Gasteiger partial charge in [-0.25, -0.2) is 4.98 Å². The van der Waals surface area contributed by atoms with Gasteiger partial charge < -0.3 is 23.7 Å². The lowest BCUT2D eigenvalue weighted by Gasteiger charge is -2.30. The fraction of sp³-hybridized carbons (Fsp3) is 0.0405. The molecule has 7 nitrogen and oxygen atoms in total. The van der Waals surface area contributed by atoms with Gasteiger partial charge in [0.15, 0.2) is 0 Å². The van der Waals surface area contributed by atoms with Crippen molar-refractivity contribution in [2.45, 2.75) is 6.85 Å². The lowest BCUT2D eigenvalue weighted by molar-refractivity contribution is 0.483. The summed E-state index contributed by atoms with van der Waals surface area (Å²) in [7, 11) is 2.11. The summed E-state index contributed by atoms with van der Waals surface area (Å²) in [5.41, 5.74) is 15.7. The van der Waals surface area contributed by atoms with E-state index in [0.29, 0.717) is 35.2 Å². The van der Waals surface area contributed by atoms with E-state index in [9.17, 15) is 4.11 Å². The van der Waals surface area contributed by atoms with Gasteiger partial charge in [0, 0.05) is 79.0 Å². The van der Waals surface area contributed by atoms with E-state index in [1.54, 1.807) is 12.3 Å². The zero-order valence-electron chi connectivity index (χ0n) is 47.4. The quantitative estimate of drug-likeness (QED) is 0.129. The van der Waals surface area contributed by atoms with Crippen molar-refractivity contribution in [2.24, 2.45) is 0 Å². The number of fused-ring (bicyclic) bond motifs is 7. The second kappa shape index (κ2) is 19.7. The number of anilines is 6. The second-order valence-electron chi connectivity index (χ2n) is 20.6. The average Bonchev–Trinajstić information content (AvgIpc) is 2.11. The second-order valence-corrected chi connectivity index (χ2v) is 20.6. The van der Waals surface area contributed by atoms with E-state index in [4.69, 9.17) is 9.72 Å². The predicted octanol–water partition coefficient (Wildman–Crippen LogP) is 19.4. The molecule has 0 spiro atoms. The molecule has 1 aliphatic rings. The molecule has 81 heavy (non-hydrogen) atoms. The largest absolute Gasteiger partial charge is 0.457 e. The maximum absolute atomic E-state index is 9.72. The summed E-state index contributed by atoms with van der Waals surface area (Å²) in [6.45, 7) is -1.94. The molecule has 1 aliphatic heterocycles. The van der Waals surface area contributed by atoms with Crippen molar-refractivity contribution >= 4 is 77.9 Å². The van der Waals surface area contributed by atoms with E-state index in [1.165, 1.54) is 5.69 Å². The minimum atomic E-state index is -2.65. The van der Waals surface area contributed by atoms with Crippen LogP contribution in [0, 0.1) is 6.85 Å². The molecule has 11 aromatic carbocycles. The van der Waals surface area contributed by atoms with Crippen molar-refractivity contribution in [1.29, 1.82) is 0 Å². The van der Waals surface area contributed by atoms with Crippen LogP contribution in [0.5, 0.6) is 11.5 Å². The highest BCUT2D eigenvalue weighted by Crippen LogP contribution is 2.49. The molecule has 0 N–H and O–H groups in total. The Kier molecular flexibility index (Phi) is 10.8. The first-order chi connectivity index (χ1) is 41.2. The molecule has 14 aromatic rings. The summed E-state index contributed by atoms with van der Waals surface area (Å²) in [4.78, 5) is 12.2. The van der Waals surface area contributed by atoms with Crippen molar-refractivity contribution in [3.05, 3.63) is 285 Å². The van der Waals surface area contributed by atoms with Gasteiger partial charge in [-0.3, -0.25) is 4.90 Å². The minimum Gasteiger partial charge on any atom is -0.457 e. The van der Waals surface area contributed by atoms with E-state index in [-0.39, 0.29) is 5.56 Å². The number of aromatic nitrogens is 3. The highest BCUT2D eigenvalue weighted by atomic mass is 16.5. The van der Waals surface area contributed by atoms with E-state index in [1.807, 2.05) is 72.8 Å². The van der Waals surface area contributed by atoms with Crippen LogP contribution in [0.2, 0.25) is 0 Å². The highest BCUT2D eigenvalue weighted by molar-refractivity contribution is 6.12. The van der Waals surface area contributed by atoms with Crippen LogP contribution in [-0.4, -0.2) is 27.8 Å². The van der Waals surface area contributed by atoms with E-state index in [0.717, 1.165) is 99.9 Å². The minimum absolute atomic E-state index is 0.143. The molecule has 7 heteroatoms. The van der Waals surface area contributed by atoms with Crippen molar-refractivity contribution in [3.63, 3.8) is 0 Å². The monoisotopic (exact) mass is 1050 g/mol. The van der Waals surface area contributed by atoms with Crippen molar-refractivity contribution in [2.75, 3.05) is 28.4 Å². The summed E-state index contributed by atoms with van der Waals surface area (Å²) in [5, 5.41) is 4.38. The molecule has 4 heterocycles. The summed E-state index contributed by atoms with van der Waals surface area (Å²) in [5.74, 6) is 1.68. The SMILES string of the molecule is [2H]C([2H])([2H])c1cc(N(c2cccc(Oc3cccc(N4CN(C)c5ccccc54)c3)c2)c2c(-c3ccccc3)cccc2-c2ccccc2)ncc1-c1c(-n2c3ccccc3c3ccccc32)cccc1-n1c2ccccc2c2ccccc21. The number of benzene rings is 11. The van der Waals surface area contributed by atoms with Crippen LogP contribution < -0.4 is 19.4 Å². The zero-order valence-corrected chi connectivity index (χ0v) is 44.4. The van der Waals surface area contributed by atoms with Gasteiger partial charge in [-0.1, -0.05) is 182 Å². The molecule has 0 aliphatic carbocycles.